The molecule has 0 spiro atoms. The van der Waals surface area contributed by atoms with Crippen LogP contribution in [-0.4, -0.2) is 56.5 Å². The number of amides is 1. The van der Waals surface area contributed by atoms with Crippen LogP contribution in [0.2, 0.25) is 13.1 Å². The Morgan fingerprint density at radius 2 is 2.12 bits per heavy atom. The van der Waals surface area contributed by atoms with Crippen molar-refractivity contribution < 1.29 is 19.1 Å². The first kappa shape index (κ1) is 21.2. The molecule has 1 fully saturated rings. The van der Waals surface area contributed by atoms with Crippen LogP contribution in [0.25, 0.3) is 0 Å². The van der Waals surface area contributed by atoms with Crippen LogP contribution in [0.15, 0.2) is 12.7 Å². The van der Waals surface area contributed by atoms with Crippen LogP contribution in [0.1, 0.15) is 40.5 Å². The lowest BCUT2D eigenvalue weighted by Gasteiger charge is -2.47. The molecule has 1 N–H and O–H groups in total. The molecule has 0 bridgehead atoms. The Morgan fingerprint density at radius 1 is 1.50 bits per heavy atom. The molecule has 140 valence electrons. The molecular weight excluding hydrogens is 322 g/mol. The summed E-state index contributed by atoms with van der Waals surface area (Å²) >= 11 is 0. The predicted octanol–water partition coefficient (Wildman–Crippen LogP) is 3.19. The van der Waals surface area contributed by atoms with E-state index in [-0.39, 0.29) is 30.1 Å². The number of nitrogens with zero attached hydrogens (tertiary/aromatic N) is 1. The summed E-state index contributed by atoms with van der Waals surface area (Å²) in [4.78, 5) is 14.5. The van der Waals surface area contributed by atoms with Gasteiger partial charge in [0, 0.05) is 6.54 Å². The summed E-state index contributed by atoms with van der Waals surface area (Å²) in [5.74, 6) is 0.248. The fraction of sp³-hybridized carbons (Fsp3) is 0.833. The van der Waals surface area contributed by atoms with Crippen LogP contribution in [0, 0.1) is 11.3 Å². The smallest absolute Gasteiger partial charge is 0.410 e. The average Bonchev–Trinajstić information content (AvgIpc) is 2.81. The molecule has 1 saturated heterocycles. The van der Waals surface area contributed by atoms with E-state index in [0.29, 0.717) is 19.6 Å². The van der Waals surface area contributed by atoms with Gasteiger partial charge in [-0.25, -0.2) is 4.79 Å². The molecule has 1 rings (SSSR count). The van der Waals surface area contributed by atoms with Crippen molar-refractivity contribution in [1.29, 1.82) is 0 Å². The maximum Gasteiger partial charge on any atom is 0.410 e. The highest BCUT2D eigenvalue weighted by atomic mass is 28.3. The quantitative estimate of drug-likeness (QED) is 0.561. The van der Waals surface area contributed by atoms with Gasteiger partial charge in [-0.2, -0.15) is 0 Å². The molecule has 0 aromatic heterocycles. The van der Waals surface area contributed by atoms with Crippen molar-refractivity contribution >= 4 is 15.1 Å². The Hall–Kier alpha value is -0.853. The third kappa shape index (κ3) is 5.07. The predicted molar refractivity (Wildman–Crippen MR) is 99.7 cm³/mol. The van der Waals surface area contributed by atoms with E-state index in [9.17, 15) is 9.90 Å². The zero-order chi connectivity index (χ0) is 18.5. The zero-order valence-electron chi connectivity index (χ0n) is 16.2. The molecule has 0 radical (unpaired) electrons. The summed E-state index contributed by atoms with van der Waals surface area (Å²) in [5, 5.41) is 9.80. The summed E-state index contributed by atoms with van der Waals surface area (Å²) in [5.41, 5.74) is -0.570. The van der Waals surface area contributed by atoms with Crippen LogP contribution in [0.4, 0.5) is 4.79 Å². The number of aliphatic hydroxyl groups excluding tert-OH is 1. The minimum atomic E-state index is -1.22. The highest BCUT2D eigenvalue weighted by Gasteiger charge is 2.55. The third-order valence-electron chi connectivity index (χ3n) is 4.85. The molecule has 1 unspecified atom stereocenters. The molecular formula is C18H35NO4Si. The van der Waals surface area contributed by atoms with Gasteiger partial charge in [0.1, 0.15) is 6.61 Å². The lowest BCUT2D eigenvalue weighted by Crippen LogP contribution is -2.59. The van der Waals surface area contributed by atoms with E-state index in [4.69, 9.17) is 9.16 Å². The molecule has 1 aliphatic rings. The van der Waals surface area contributed by atoms with E-state index >= 15 is 0 Å². The Bertz CT molecular complexity index is 433. The van der Waals surface area contributed by atoms with E-state index < -0.39 is 14.6 Å². The summed E-state index contributed by atoms with van der Waals surface area (Å²) in [6, 6.07) is 0. The van der Waals surface area contributed by atoms with Gasteiger partial charge in [0.15, 0.2) is 9.04 Å². The number of ether oxygens (including phenoxy) is 1. The molecule has 24 heavy (non-hydrogen) atoms. The summed E-state index contributed by atoms with van der Waals surface area (Å²) in [6.07, 6.45) is 2.40. The van der Waals surface area contributed by atoms with Crippen LogP contribution >= 0.6 is 0 Å². The minimum Gasteiger partial charge on any atom is -0.445 e. The SMILES string of the molecule is C=CCOC(=O)N1C[C@@H](CC(C)O)C[C@@]1(CO[SiH](C)C)C(C)(C)C. The first-order valence-electron chi connectivity index (χ1n) is 8.88. The molecule has 0 aliphatic carbocycles. The molecule has 0 saturated carbocycles. The van der Waals surface area contributed by atoms with E-state index in [2.05, 4.69) is 40.4 Å². The molecule has 3 atom stereocenters. The standard InChI is InChI=1S/C18H35NO4Si/c1-8-9-22-16(21)19-12-15(10-14(2)20)11-18(19,17(3,4)5)13-23-24(6)7/h8,14-15,20,24H,1,9-13H2,2-7H3/t14?,15-,18+/m0/s1. The van der Waals surface area contributed by atoms with Gasteiger partial charge in [0.2, 0.25) is 0 Å². The molecule has 1 heterocycles. The number of rotatable bonds is 7. The van der Waals surface area contributed by atoms with Crippen LogP contribution in [-0.2, 0) is 9.16 Å². The highest BCUT2D eigenvalue weighted by molar-refractivity contribution is 6.48. The zero-order valence-corrected chi connectivity index (χ0v) is 17.3. The van der Waals surface area contributed by atoms with Crippen LogP contribution in [0.5, 0.6) is 0 Å². The Morgan fingerprint density at radius 3 is 2.58 bits per heavy atom. The monoisotopic (exact) mass is 357 g/mol. The van der Waals surface area contributed by atoms with Crippen LogP contribution < -0.4 is 0 Å². The lowest BCUT2D eigenvalue weighted by molar-refractivity contribution is -0.0120. The van der Waals surface area contributed by atoms with Gasteiger partial charge < -0.3 is 14.3 Å². The van der Waals surface area contributed by atoms with Crippen molar-refractivity contribution in [3.8, 4) is 0 Å². The largest absolute Gasteiger partial charge is 0.445 e. The Balaban J connectivity index is 3.14. The van der Waals surface area contributed by atoms with Crippen LogP contribution in [0.3, 0.4) is 0 Å². The second-order valence-electron chi connectivity index (χ2n) is 8.27. The minimum absolute atomic E-state index is 0.156. The number of hydrogen-bond acceptors (Lipinski definition) is 4. The van der Waals surface area contributed by atoms with Gasteiger partial charge in [0.05, 0.1) is 18.2 Å². The molecule has 1 aliphatic heterocycles. The Labute approximate surface area is 148 Å². The third-order valence-corrected chi connectivity index (χ3v) is 5.69. The number of carbonyl (C=O) groups is 1. The number of likely N-dealkylation sites (tertiary alicyclic amines) is 1. The second kappa shape index (κ2) is 8.49. The molecule has 1 amide bonds. The number of carbonyl (C=O) groups excluding carboxylic acids is 1. The summed E-state index contributed by atoms with van der Waals surface area (Å²) < 4.78 is 11.4. The number of hydrogen-bond donors (Lipinski definition) is 1. The van der Waals surface area contributed by atoms with Crippen molar-refractivity contribution in [1.82, 2.24) is 4.90 Å². The summed E-state index contributed by atoms with van der Waals surface area (Å²) in [6.45, 7) is 17.5. The van der Waals surface area contributed by atoms with Crippen molar-refractivity contribution in [3.05, 3.63) is 12.7 Å². The maximum absolute atomic E-state index is 12.7. The van der Waals surface area contributed by atoms with E-state index in [1.165, 1.54) is 0 Å². The lowest BCUT2D eigenvalue weighted by atomic mass is 9.71. The first-order valence-corrected chi connectivity index (χ1v) is 11.7. The van der Waals surface area contributed by atoms with Gasteiger partial charge >= 0.3 is 6.09 Å². The maximum atomic E-state index is 12.7. The van der Waals surface area contributed by atoms with Crippen molar-refractivity contribution in [2.75, 3.05) is 19.8 Å². The highest BCUT2D eigenvalue weighted by Crippen LogP contribution is 2.47. The summed E-state index contributed by atoms with van der Waals surface area (Å²) in [7, 11) is -1.22. The van der Waals surface area contributed by atoms with Gasteiger partial charge in [-0.15, -0.1) is 0 Å². The first-order chi connectivity index (χ1) is 11.0. The van der Waals surface area contributed by atoms with Gasteiger partial charge in [-0.1, -0.05) is 33.4 Å². The van der Waals surface area contributed by atoms with Crippen molar-refractivity contribution in [3.63, 3.8) is 0 Å². The van der Waals surface area contributed by atoms with E-state index in [1.807, 2.05) is 4.90 Å². The molecule has 0 aromatic rings. The fourth-order valence-corrected chi connectivity index (χ4v) is 4.16. The van der Waals surface area contributed by atoms with Crippen molar-refractivity contribution in [2.45, 2.75) is 65.3 Å². The molecule has 6 heteroatoms. The molecule has 5 nitrogen and oxygen atoms in total. The molecule has 0 aromatic carbocycles. The number of aliphatic hydroxyl groups is 1. The topological polar surface area (TPSA) is 59.0 Å². The van der Waals surface area contributed by atoms with Gasteiger partial charge in [-0.05, 0) is 44.2 Å². The second-order valence-corrected chi connectivity index (χ2v) is 10.7. The fourth-order valence-electron chi connectivity index (χ4n) is 3.55. The normalized spacial score (nSPS) is 25.8. The van der Waals surface area contributed by atoms with Gasteiger partial charge in [-0.3, -0.25) is 4.90 Å². The van der Waals surface area contributed by atoms with Gasteiger partial charge in [0.25, 0.3) is 0 Å². The van der Waals surface area contributed by atoms with E-state index in [0.717, 1.165) is 6.42 Å². The van der Waals surface area contributed by atoms with Crippen molar-refractivity contribution in [2.24, 2.45) is 11.3 Å². The average molecular weight is 358 g/mol. The Kier molecular flexibility index (Phi) is 7.50. The van der Waals surface area contributed by atoms with E-state index in [1.54, 1.807) is 13.0 Å².